The van der Waals surface area contributed by atoms with Crippen molar-refractivity contribution in [2.45, 2.75) is 24.9 Å². The fourth-order valence-corrected chi connectivity index (χ4v) is 2.13. The highest BCUT2D eigenvalue weighted by molar-refractivity contribution is 5.34. The second kappa shape index (κ2) is 4.39. The van der Waals surface area contributed by atoms with E-state index in [4.69, 9.17) is 0 Å². The molecule has 4 heteroatoms. The number of nitrogens with one attached hydrogen (secondary N) is 1. The molecule has 1 aromatic rings. The van der Waals surface area contributed by atoms with E-state index in [9.17, 15) is 14.6 Å². The summed E-state index contributed by atoms with van der Waals surface area (Å²) in [4.78, 5) is 0. The fraction of sp³-hybridized carbons (Fsp3) is 0.500. The molecule has 0 amide bonds. The monoisotopic (exact) mass is 225 g/mol. The van der Waals surface area contributed by atoms with Crippen molar-refractivity contribution in [2.75, 3.05) is 13.1 Å². The standard InChI is InChI=1S/C12H16FNO2/c13-10-3-1-2-9(11(10)15)8-12(16)4-6-14-7-5-12/h1-3,14-16H,4-8H2. The van der Waals surface area contributed by atoms with Gasteiger partial charge in [-0.1, -0.05) is 12.1 Å². The fourth-order valence-electron chi connectivity index (χ4n) is 2.13. The van der Waals surface area contributed by atoms with Crippen molar-refractivity contribution in [3.05, 3.63) is 29.6 Å². The van der Waals surface area contributed by atoms with Gasteiger partial charge in [0.05, 0.1) is 5.60 Å². The van der Waals surface area contributed by atoms with Crippen LogP contribution in [0.15, 0.2) is 18.2 Å². The Morgan fingerprint density at radius 1 is 1.31 bits per heavy atom. The maximum atomic E-state index is 13.1. The van der Waals surface area contributed by atoms with Crippen molar-refractivity contribution in [2.24, 2.45) is 0 Å². The van der Waals surface area contributed by atoms with Crippen LogP contribution in [0.25, 0.3) is 0 Å². The van der Waals surface area contributed by atoms with Gasteiger partial charge in [-0.2, -0.15) is 0 Å². The molecule has 1 aliphatic heterocycles. The summed E-state index contributed by atoms with van der Waals surface area (Å²) in [5.74, 6) is -0.968. The third-order valence-electron chi connectivity index (χ3n) is 3.12. The average Bonchev–Trinajstić information content (AvgIpc) is 2.26. The molecule has 88 valence electrons. The van der Waals surface area contributed by atoms with Gasteiger partial charge in [0.1, 0.15) is 0 Å². The Bertz CT molecular complexity index is 375. The summed E-state index contributed by atoms with van der Waals surface area (Å²) in [6.07, 6.45) is 1.56. The molecular weight excluding hydrogens is 209 g/mol. The molecule has 2 rings (SSSR count). The van der Waals surface area contributed by atoms with Crippen LogP contribution in [0.4, 0.5) is 4.39 Å². The van der Waals surface area contributed by atoms with E-state index in [0.717, 1.165) is 13.1 Å². The summed E-state index contributed by atoms with van der Waals surface area (Å²) >= 11 is 0. The zero-order valence-electron chi connectivity index (χ0n) is 9.04. The van der Waals surface area contributed by atoms with Crippen molar-refractivity contribution in [1.29, 1.82) is 0 Å². The predicted octanol–water partition coefficient (Wildman–Crippen LogP) is 1.19. The molecule has 0 aliphatic carbocycles. The van der Waals surface area contributed by atoms with Crippen LogP contribution in [0.5, 0.6) is 5.75 Å². The molecule has 1 heterocycles. The lowest BCUT2D eigenvalue weighted by Crippen LogP contribution is -2.43. The minimum absolute atomic E-state index is 0.304. The first-order chi connectivity index (χ1) is 7.61. The molecule has 0 radical (unpaired) electrons. The van der Waals surface area contributed by atoms with Gasteiger partial charge in [-0.15, -0.1) is 0 Å². The quantitative estimate of drug-likeness (QED) is 0.708. The number of phenols is 1. The van der Waals surface area contributed by atoms with E-state index in [0.29, 0.717) is 24.8 Å². The highest BCUT2D eigenvalue weighted by atomic mass is 19.1. The highest BCUT2D eigenvalue weighted by Gasteiger charge is 2.30. The number of hydrogen-bond donors (Lipinski definition) is 3. The van der Waals surface area contributed by atoms with Gasteiger partial charge in [0.25, 0.3) is 0 Å². The molecule has 3 N–H and O–H groups in total. The first kappa shape index (κ1) is 11.4. The Morgan fingerprint density at radius 2 is 2.00 bits per heavy atom. The Hall–Kier alpha value is -1.13. The van der Waals surface area contributed by atoms with Crippen LogP contribution in [0.3, 0.4) is 0 Å². The first-order valence-corrected chi connectivity index (χ1v) is 5.50. The Kier molecular flexibility index (Phi) is 3.12. The predicted molar refractivity (Wildman–Crippen MR) is 58.8 cm³/mol. The van der Waals surface area contributed by atoms with Crippen molar-refractivity contribution in [1.82, 2.24) is 5.32 Å². The molecule has 3 nitrogen and oxygen atoms in total. The number of hydrogen-bond acceptors (Lipinski definition) is 3. The van der Waals surface area contributed by atoms with Gasteiger partial charge in [0.2, 0.25) is 0 Å². The van der Waals surface area contributed by atoms with Crippen LogP contribution in [-0.4, -0.2) is 28.9 Å². The van der Waals surface area contributed by atoms with Crippen molar-refractivity contribution < 1.29 is 14.6 Å². The van der Waals surface area contributed by atoms with E-state index in [1.54, 1.807) is 12.1 Å². The van der Waals surface area contributed by atoms with E-state index in [1.165, 1.54) is 6.07 Å². The van der Waals surface area contributed by atoms with Gasteiger partial charge in [0, 0.05) is 6.42 Å². The maximum Gasteiger partial charge on any atom is 0.165 e. The van der Waals surface area contributed by atoms with Crippen LogP contribution < -0.4 is 5.32 Å². The molecule has 0 aromatic heterocycles. The first-order valence-electron chi connectivity index (χ1n) is 5.50. The maximum absolute atomic E-state index is 13.1. The Labute approximate surface area is 93.9 Å². The lowest BCUT2D eigenvalue weighted by Gasteiger charge is -2.32. The summed E-state index contributed by atoms with van der Waals surface area (Å²) in [6, 6.07) is 4.42. The average molecular weight is 225 g/mol. The number of aromatic hydroxyl groups is 1. The molecule has 1 saturated heterocycles. The number of benzene rings is 1. The van der Waals surface area contributed by atoms with E-state index < -0.39 is 11.4 Å². The van der Waals surface area contributed by atoms with Gasteiger partial charge >= 0.3 is 0 Å². The molecular formula is C12H16FNO2. The van der Waals surface area contributed by atoms with Crippen LogP contribution in [0, 0.1) is 5.82 Å². The molecule has 0 bridgehead atoms. The van der Waals surface area contributed by atoms with Crippen LogP contribution in [0.1, 0.15) is 18.4 Å². The highest BCUT2D eigenvalue weighted by Crippen LogP contribution is 2.29. The molecule has 16 heavy (non-hydrogen) atoms. The van der Waals surface area contributed by atoms with E-state index in [-0.39, 0.29) is 5.75 Å². The van der Waals surface area contributed by atoms with Gasteiger partial charge < -0.3 is 15.5 Å². The minimum Gasteiger partial charge on any atom is -0.505 e. The molecule has 1 aliphatic rings. The second-order valence-electron chi connectivity index (χ2n) is 4.40. The second-order valence-corrected chi connectivity index (χ2v) is 4.40. The van der Waals surface area contributed by atoms with Crippen molar-refractivity contribution in [3.63, 3.8) is 0 Å². The summed E-state index contributed by atoms with van der Waals surface area (Å²) in [5, 5.41) is 23.0. The third-order valence-corrected chi connectivity index (χ3v) is 3.12. The van der Waals surface area contributed by atoms with Crippen LogP contribution in [0.2, 0.25) is 0 Å². The van der Waals surface area contributed by atoms with Gasteiger partial charge in [-0.25, -0.2) is 4.39 Å². The summed E-state index contributed by atoms with van der Waals surface area (Å²) in [6.45, 7) is 1.51. The number of aliphatic hydroxyl groups is 1. The summed E-state index contributed by atoms with van der Waals surface area (Å²) in [7, 11) is 0. The minimum atomic E-state index is -0.823. The normalized spacial score (nSPS) is 19.6. The van der Waals surface area contributed by atoms with Gasteiger partial charge in [-0.05, 0) is 37.6 Å². The number of halogens is 1. The molecule has 0 saturated carbocycles. The summed E-state index contributed by atoms with van der Waals surface area (Å²) < 4.78 is 13.1. The molecule has 0 unspecified atom stereocenters. The van der Waals surface area contributed by atoms with Gasteiger partial charge in [0.15, 0.2) is 11.6 Å². The molecule has 0 atom stereocenters. The summed E-state index contributed by atoms with van der Waals surface area (Å²) in [5.41, 5.74) is -0.347. The van der Waals surface area contributed by atoms with E-state index >= 15 is 0 Å². The number of phenolic OH excluding ortho intramolecular Hbond substituents is 1. The number of rotatable bonds is 2. The van der Waals surface area contributed by atoms with Crippen molar-refractivity contribution >= 4 is 0 Å². The SMILES string of the molecule is Oc1c(F)cccc1CC1(O)CCNCC1. The van der Waals surface area contributed by atoms with E-state index in [2.05, 4.69) is 5.32 Å². The molecule has 1 aromatic carbocycles. The number of para-hydroxylation sites is 1. The lowest BCUT2D eigenvalue weighted by molar-refractivity contribution is 0.0103. The van der Waals surface area contributed by atoms with E-state index in [1.807, 2.05) is 0 Å². The molecule has 1 fully saturated rings. The topological polar surface area (TPSA) is 52.5 Å². The zero-order chi connectivity index (χ0) is 11.6. The zero-order valence-corrected chi connectivity index (χ0v) is 9.04. The molecule has 0 spiro atoms. The van der Waals surface area contributed by atoms with Crippen LogP contribution >= 0.6 is 0 Å². The lowest BCUT2D eigenvalue weighted by atomic mass is 9.86. The van der Waals surface area contributed by atoms with Crippen LogP contribution in [-0.2, 0) is 6.42 Å². The Balaban J connectivity index is 2.16. The largest absolute Gasteiger partial charge is 0.505 e. The smallest absolute Gasteiger partial charge is 0.165 e. The van der Waals surface area contributed by atoms with Gasteiger partial charge in [-0.3, -0.25) is 0 Å². The third kappa shape index (κ3) is 2.33. The number of piperidine rings is 1. The van der Waals surface area contributed by atoms with Crippen molar-refractivity contribution in [3.8, 4) is 5.75 Å². The Morgan fingerprint density at radius 3 is 2.69 bits per heavy atom.